The summed E-state index contributed by atoms with van der Waals surface area (Å²) < 4.78 is 1.23. The minimum absolute atomic E-state index is 0.611. The topological polar surface area (TPSA) is 40.5 Å². The van der Waals surface area contributed by atoms with Gasteiger partial charge in [0.15, 0.2) is 0 Å². The van der Waals surface area contributed by atoms with Crippen LogP contribution in [0, 0.1) is 0 Å². The van der Waals surface area contributed by atoms with E-state index in [0.29, 0.717) is 12.8 Å². The largest absolute Gasteiger partial charge is 0.480 e. The van der Waals surface area contributed by atoms with E-state index in [9.17, 15) is 4.79 Å². The van der Waals surface area contributed by atoms with Crippen LogP contribution in [0.3, 0.4) is 0 Å². The lowest BCUT2D eigenvalue weighted by Crippen LogP contribution is -2.49. The molecule has 0 bridgehead atoms. The quantitative estimate of drug-likeness (QED) is 0.620. The second-order valence-electron chi connectivity index (χ2n) is 2.74. The van der Waals surface area contributed by atoms with Crippen LogP contribution in [0.25, 0.3) is 0 Å². The summed E-state index contributed by atoms with van der Waals surface area (Å²) in [6, 6.07) is 0. The number of carboxylic acids is 1. The predicted molar refractivity (Wildman–Crippen MR) is 56.7 cm³/mol. The smallest absolute Gasteiger partial charge is 0.326 e. The molecular weight excluding hydrogens is 214 g/mol. The summed E-state index contributed by atoms with van der Waals surface area (Å²) in [6.07, 6.45) is 1.22. The second kappa shape index (κ2) is 4.13. The van der Waals surface area contributed by atoms with Gasteiger partial charge in [-0.05, 0) is 24.3 Å². The molecule has 12 heavy (non-hydrogen) atoms. The summed E-state index contributed by atoms with van der Waals surface area (Å²) in [5, 5.41) is 9.01. The summed E-state index contributed by atoms with van der Waals surface area (Å²) in [7, 11) is 0. The number of thiol groups is 2. The van der Waals surface area contributed by atoms with Crippen molar-refractivity contribution >= 4 is 43.4 Å². The van der Waals surface area contributed by atoms with Crippen LogP contribution in [0.5, 0.6) is 0 Å². The van der Waals surface area contributed by atoms with Gasteiger partial charge in [-0.25, -0.2) is 0 Å². The molecule has 3 nitrogen and oxygen atoms in total. The van der Waals surface area contributed by atoms with E-state index in [-0.39, 0.29) is 0 Å². The highest BCUT2D eigenvalue weighted by atomic mass is 32.2. The third kappa shape index (κ3) is 1.86. The highest BCUT2D eigenvalue weighted by Crippen LogP contribution is 2.34. The first-order valence-corrected chi connectivity index (χ1v) is 5.54. The molecule has 1 aliphatic rings. The van der Waals surface area contributed by atoms with Gasteiger partial charge in [0.25, 0.3) is 0 Å². The number of thioether (sulfide) groups is 1. The van der Waals surface area contributed by atoms with Crippen LogP contribution in [-0.4, -0.2) is 31.8 Å². The Balaban J connectivity index is 2.77. The molecule has 1 rings (SSSR count). The molecule has 0 radical (unpaired) electrons. The minimum atomic E-state index is -0.864. The van der Waals surface area contributed by atoms with Crippen LogP contribution in [0.2, 0.25) is 0 Å². The fourth-order valence-electron chi connectivity index (χ4n) is 1.21. The Morgan fingerprint density at radius 3 is 2.17 bits per heavy atom. The van der Waals surface area contributed by atoms with E-state index in [1.807, 2.05) is 0 Å². The van der Waals surface area contributed by atoms with Gasteiger partial charge >= 0.3 is 5.97 Å². The van der Waals surface area contributed by atoms with Gasteiger partial charge in [-0.3, -0.25) is 4.79 Å². The van der Waals surface area contributed by atoms with Gasteiger partial charge in [0.2, 0.25) is 0 Å². The van der Waals surface area contributed by atoms with Crippen molar-refractivity contribution in [3.63, 3.8) is 0 Å². The Bertz CT molecular complexity index is 180. The highest BCUT2D eigenvalue weighted by Gasteiger charge is 2.43. The van der Waals surface area contributed by atoms with Crippen LogP contribution in [0.15, 0.2) is 0 Å². The molecule has 0 aliphatic carbocycles. The van der Waals surface area contributed by atoms with Gasteiger partial charge in [-0.15, -0.1) is 0 Å². The summed E-state index contributed by atoms with van der Waals surface area (Å²) in [6.45, 7) is 0. The second-order valence-corrected chi connectivity index (χ2v) is 5.08. The average Bonchev–Trinajstić information content (AvgIpc) is 2.05. The molecule has 0 aromatic heterocycles. The Morgan fingerprint density at radius 1 is 1.42 bits per heavy atom. The zero-order valence-corrected chi connectivity index (χ0v) is 9.04. The van der Waals surface area contributed by atoms with E-state index < -0.39 is 11.5 Å². The van der Waals surface area contributed by atoms with Gasteiger partial charge in [0, 0.05) is 0 Å². The van der Waals surface area contributed by atoms with Crippen LogP contribution in [0.4, 0.5) is 0 Å². The Kier molecular flexibility index (Phi) is 3.63. The van der Waals surface area contributed by atoms with Gasteiger partial charge in [0.05, 0.1) is 0 Å². The number of rotatable bonds is 2. The SMILES string of the molecule is O=C(O)C1(N(S)S)CCSCC1. The van der Waals surface area contributed by atoms with Gasteiger partial charge in [-0.2, -0.15) is 15.5 Å². The monoisotopic (exact) mass is 225 g/mol. The van der Waals surface area contributed by atoms with E-state index in [0.717, 1.165) is 11.5 Å². The lowest BCUT2D eigenvalue weighted by atomic mass is 9.94. The highest BCUT2D eigenvalue weighted by molar-refractivity contribution is 7.99. The maximum absolute atomic E-state index is 11.0. The Morgan fingerprint density at radius 2 is 1.92 bits per heavy atom. The third-order valence-electron chi connectivity index (χ3n) is 2.10. The number of carboxylic acid groups (broad SMARTS) is 1. The molecule has 1 saturated heterocycles. The molecular formula is C6H11NO2S3. The normalized spacial score (nSPS) is 22.6. The van der Waals surface area contributed by atoms with E-state index in [4.69, 9.17) is 5.11 Å². The van der Waals surface area contributed by atoms with E-state index in [2.05, 4.69) is 25.6 Å². The molecule has 0 aromatic rings. The molecule has 1 fully saturated rings. The zero-order chi connectivity index (χ0) is 9.19. The summed E-state index contributed by atoms with van der Waals surface area (Å²) in [4.78, 5) is 11.0. The van der Waals surface area contributed by atoms with Gasteiger partial charge < -0.3 is 5.11 Å². The maximum atomic E-state index is 11.0. The lowest BCUT2D eigenvalue weighted by molar-refractivity contribution is -0.146. The summed E-state index contributed by atoms with van der Waals surface area (Å²) >= 11 is 9.72. The number of aliphatic carboxylic acids is 1. The number of hydrogen-bond acceptors (Lipinski definition) is 5. The van der Waals surface area contributed by atoms with E-state index >= 15 is 0 Å². The van der Waals surface area contributed by atoms with Crippen LogP contribution < -0.4 is 0 Å². The summed E-state index contributed by atoms with van der Waals surface area (Å²) in [5.41, 5.74) is -0.864. The third-order valence-corrected chi connectivity index (χ3v) is 3.85. The van der Waals surface area contributed by atoms with Crippen LogP contribution in [0.1, 0.15) is 12.8 Å². The molecule has 70 valence electrons. The fraction of sp³-hybridized carbons (Fsp3) is 0.833. The standard InChI is InChI=1S/C6H11NO2S3/c8-5(9)6(7(10)11)1-3-12-4-2-6/h10-11H,1-4H2,(H,8,9). The first-order chi connectivity index (χ1) is 5.59. The van der Waals surface area contributed by atoms with Crippen molar-refractivity contribution in [1.82, 2.24) is 3.71 Å². The molecule has 0 unspecified atom stereocenters. The van der Waals surface area contributed by atoms with Crippen LogP contribution in [-0.2, 0) is 4.79 Å². The van der Waals surface area contributed by atoms with Crippen molar-refractivity contribution < 1.29 is 9.90 Å². The lowest BCUT2D eigenvalue weighted by Gasteiger charge is -2.36. The molecule has 1 heterocycles. The first kappa shape index (κ1) is 10.6. The van der Waals surface area contributed by atoms with Crippen molar-refractivity contribution in [1.29, 1.82) is 0 Å². The molecule has 0 amide bonds. The van der Waals surface area contributed by atoms with Gasteiger partial charge in [0.1, 0.15) is 5.54 Å². The Hall–Kier alpha value is 0.480. The van der Waals surface area contributed by atoms with Crippen LogP contribution >= 0.6 is 37.4 Å². The number of nitrogens with zero attached hydrogens (tertiary/aromatic N) is 1. The maximum Gasteiger partial charge on any atom is 0.326 e. The molecule has 1 N–H and O–H groups in total. The molecule has 0 spiro atoms. The summed E-state index contributed by atoms with van der Waals surface area (Å²) in [5.74, 6) is 0.904. The predicted octanol–water partition coefficient (Wildman–Crippen LogP) is 1.33. The van der Waals surface area contributed by atoms with Crippen molar-refractivity contribution in [2.75, 3.05) is 11.5 Å². The Labute approximate surface area is 87.0 Å². The molecule has 0 atom stereocenters. The molecule has 0 saturated carbocycles. The van der Waals surface area contributed by atoms with Crippen molar-refractivity contribution in [3.05, 3.63) is 0 Å². The number of hydrogen-bond donors (Lipinski definition) is 3. The van der Waals surface area contributed by atoms with Gasteiger partial charge in [-0.1, -0.05) is 25.6 Å². The number of carbonyl (C=O) groups is 1. The molecule has 6 heteroatoms. The fourth-order valence-corrected chi connectivity index (χ4v) is 2.95. The van der Waals surface area contributed by atoms with Crippen molar-refractivity contribution in [2.24, 2.45) is 0 Å². The average molecular weight is 225 g/mol. The molecule has 1 aliphatic heterocycles. The minimum Gasteiger partial charge on any atom is -0.480 e. The van der Waals surface area contributed by atoms with Crippen molar-refractivity contribution in [3.8, 4) is 0 Å². The van der Waals surface area contributed by atoms with E-state index in [1.165, 1.54) is 3.71 Å². The molecule has 0 aromatic carbocycles. The first-order valence-electron chi connectivity index (χ1n) is 3.59. The van der Waals surface area contributed by atoms with E-state index in [1.54, 1.807) is 11.8 Å². The van der Waals surface area contributed by atoms with Crippen molar-refractivity contribution in [2.45, 2.75) is 18.4 Å². The zero-order valence-electron chi connectivity index (χ0n) is 6.43.